The molecule has 0 spiro atoms. The number of aromatic nitrogens is 1. The van der Waals surface area contributed by atoms with Crippen LogP contribution in [-0.2, 0) is 0 Å². The van der Waals surface area contributed by atoms with Crippen molar-refractivity contribution in [3.8, 4) is 0 Å². The highest BCUT2D eigenvalue weighted by molar-refractivity contribution is 6.19. The van der Waals surface area contributed by atoms with Crippen molar-refractivity contribution >= 4 is 17.5 Å². The molecule has 15 heavy (non-hydrogen) atoms. The molecule has 2 rings (SSSR count). The summed E-state index contributed by atoms with van der Waals surface area (Å²) in [6, 6.07) is 3.70. The van der Waals surface area contributed by atoms with Gasteiger partial charge in [-0.2, -0.15) is 0 Å². The number of hydrogen-bond acceptors (Lipinski definition) is 2. The van der Waals surface area contributed by atoms with Crippen molar-refractivity contribution in [1.29, 1.82) is 0 Å². The van der Waals surface area contributed by atoms with Crippen molar-refractivity contribution in [1.82, 2.24) is 10.3 Å². The highest BCUT2D eigenvalue weighted by Gasteiger charge is 2.43. The van der Waals surface area contributed by atoms with Crippen LogP contribution < -0.4 is 5.32 Å². The molecule has 3 nitrogen and oxygen atoms in total. The van der Waals surface area contributed by atoms with Gasteiger partial charge in [-0.05, 0) is 31.4 Å². The van der Waals surface area contributed by atoms with E-state index in [-0.39, 0.29) is 11.4 Å². The molecule has 1 saturated carbocycles. The number of nitrogens with one attached hydrogen (secondary N) is 1. The third kappa shape index (κ3) is 2.12. The van der Waals surface area contributed by atoms with Crippen molar-refractivity contribution in [2.75, 3.05) is 5.88 Å². The highest BCUT2D eigenvalue weighted by Crippen LogP contribution is 2.36. The maximum atomic E-state index is 11.8. The number of nitrogens with zero attached hydrogens (tertiary/aromatic N) is 1. The summed E-state index contributed by atoms with van der Waals surface area (Å²) in [5, 5.41) is 2.94. The van der Waals surface area contributed by atoms with E-state index in [1.54, 1.807) is 6.20 Å². The lowest BCUT2D eigenvalue weighted by atomic mass is 10.2. The first-order chi connectivity index (χ1) is 7.17. The number of amides is 1. The molecule has 1 N–H and O–H groups in total. The van der Waals surface area contributed by atoms with Gasteiger partial charge in [-0.3, -0.25) is 9.78 Å². The first-order valence-corrected chi connectivity index (χ1v) is 5.50. The van der Waals surface area contributed by atoms with Crippen molar-refractivity contribution in [3.63, 3.8) is 0 Å². The number of aryl methyl sites for hydroxylation is 1. The Morgan fingerprint density at radius 2 is 2.40 bits per heavy atom. The minimum atomic E-state index is -0.164. The van der Waals surface area contributed by atoms with E-state index in [1.807, 2.05) is 19.1 Å². The summed E-state index contributed by atoms with van der Waals surface area (Å²) in [5.41, 5.74) is 1.22. The Morgan fingerprint density at radius 3 is 2.93 bits per heavy atom. The molecular weight excluding hydrogens is 212 g/mol. The van der Waals surface area contributed by atoms with Gasteiger partial charge in [-0.1, -0.05) is 6.07 Å². The highest BCUT2D eigenvalue weighted by atomic mass is 35.5. The minimum absolute atomic E-state index is 0.119. The topological polar surface area (TPSA) is 42.0 Å². The van der Waals surface area contributed by atoms with Crippen LogP contribution in [0.15, 0.2) is 18.3 Å². The SMILES string of the molecule is Cc1cccnc1C(=O)NC1(CCl)CC1. The average molecular weight is 225 g/mol. The molecule has 1 fully saturated rings. The predicted octanol–water partition coefficient (Wildman–Crippen LogP) is 1.89. The largest absolute Gasteiger partial charge is 0.344 e. The Hall–Kier alpha value is -1.09. The van der Waals surface area contributed by atoms with E-state index in [1.165, 1.54) is 0 Å². The zero-order valence-electron chi connectivity index (χ0n) is 8.59. The third-order valence-electron chi connectivity index (χ3n) is 2.71. The third-order valence-corrected chi connectivity index (χ3v) is 3.22. The quantitative estimate of drug-likeness (QED) is 0.797. The van der Waals surface area contributed by atoms with E-state index < -0.39 is 0 Å². The zero-order valence-corrected chi connectivity index (χ0v) is 9.34. The van der Waals surface area contributed by atoms with E-state index in [4.69, 9.17) is 11.6 Å². The van der Waals surface area contributed by atoms with Gasteiger partial charge in [0.25, 0.3) is 5.91 Å². The van der Waals surface area contributed by atoms with Gasteiger partial charge in [0.05, 0.1) is 5.54 Å². The van der Waals surface area contributed by atoms with Gasteiger partial charge in [-0.25, -0.2) is 0 Å². The monoisotopic (exact) mass is 224 g/mol. The number of hydrogen-bond donors (Lipinski definition) is 1. The summed E-state index contributed by atoms with van der Waals surface area (Å²) >= 11 is 5.79. The summed E-state index contributed by atoms with van der Waals surface area (Å²) in [5.74, 6) is 0.358. The van der Waals surface area contributed by atoms with Gasteiger partial charge >= 0.3 is 0 Å². The number of carbonyl (C=O) groups is 1. The summed E-state index contributed by atoms with van der Waals surface area (Å²) in [6.07, 6.45) is 3.56. The zero-order chi connectivity index (χ0) is 10.9. The van der Waals surface area contributed by atoms with Gasteiger partial charge in [0, 0.05) is 12.1 Å². The molecule has 1 aliphatic carbocycles. The van der Waals surface area contributed by atoms with Gasteiger partial charge in [0.2, 0.25) is 0 Å². The number of carbonyl (C=O) groups excluding carboxylic acids is 1. The lowest BCUT2D eigenvalue weighted by Crippen LogP contribution is -2.38. The van der Waals surface area contributed by atoms with Crippen LogP contribution in [0.2, 0.25) is 0 Å². The molecule has 0 aliphatic heterocycles. The summed E-state index contributed by atoms with van der Waals surface area (Å²) in [4.78, 5) is 15.9. The Kier molecular flexibility index (Phi) is 2.65. The van der Waals surface area contributed by atoms with Crippen molar-refractivity contribution in [2.24, 2.45) is 0 Å². The lowest BCUT2D eigenvalue weighted by molar-refractivity contribution is 0.0930. The molecule has 1 amide bonds. The summed E-state index contributed by atoms with van der Waals surface area (Å²) in [6.45, 7) is 1.88. The van der Waals surface area contributed by atoms with Gasteiger partial charge in [0.1, 0.15) is 5.69 Å². The average Bonchev–Trinajstić information content (AvgIpc) is 2.99. The maximum Gasteiger partial charge on any atom is 0.270 e. The fourth-order valence-electron chi connectivity index (χ4n) is 1.47. The molecule has 0 unspecified atom stereocenters. The van der Waals surface area contributed by atoms with E-state index in [2.05, 4.69) is 10.3 Å². The van der Waals surface area contributed by atoms with Gasteiger partial charge in [-0.15, -0.1) is 11.6 Å². The maximum absolute atomic E-state index is 11.8. The predicted molar refractivity (Wildman–Crippen MR) is 59.1 cm³/mol. The number of rotatable bonds is 3. The van der Waals surface area contributed by atoms with E-state index in [0.717, 1.165) is 18.4 Å². The second-order valence-electron chi connectivity index (χ2n) is 4.04. The number of halogens is 1. The normalized spacial score (nSPS) is 17.2. The van der Waals surface area contributed by atoms with Crippen LogP contribution in [0, 0.1) is 6.92 Å². The Balaban J connectivity index is 2.12. The summed E-state index contributed by atoms with van der Waals surface area (Å²) < 4.78 is 0. The van der Waals surface area contributed by atoms with E-state index in [0.29, 0.717) is 11.6 Å². The van der Waals surface area contributed by atoms with Gasteiger partial charge in [0.15, 0.2) is 0 Å². The van der Waals surface area contributed by atoms with Crippen LogP contribution >= 0.6 is 11.6 Å². The van der Waals surface area contributed by atoms with Crippen LogP contribution in [0.5, 0.6) is 0 Å². The fourth-order valence-corrected chi connectivity index (χ4v) is 1.80. The second kappa shape index (κ2) is 3.81. The van der Waals surface area contributed by atoms with Crippen LogP contribution in [0.3, 0.4) is 0 Å². The molecular formula is C11H13ClN2O. The first kappa shape index (κ1) is 10.4. The molecule has 0 radical (unpaired) electrons. The van der Waals surface area contributed by atoms with Crippen LogP contribution in [-0.4, -0.2) is 22.3 Å². The smallest absolute Gasteiger partial charge is 0.270 e. The van der Waals surface area contributed by atoms with Crippen molar-refractivity contribution in [3.05, 3.63) is 29.6 Å². The number of pyridine rings is 1. The standard InChI is InChI=1S/C11H13ClN2O/c1-8-3-2-6-13-9(8)10(15)14-11(7-12)4-5-11/h2-3,6H,4-5,7H2,1H3,(H,14,15). The molecule has 4 heteroatoms. The Bertz CT molecular complexity index is 388. The van der Waals surface area contributed by atoms with E-state index >= 15 is 0 Å². The molecule has 0 bridgehead atoms. The second-order valence-corrected chi connectivity index (χ2v) is 4.30. The van der Waals surface area contributed by atoms with Crippen molar-refractivity contribution < 1.29 is 4.79 Å². The van der Waals surface area contributed by atoms with Crippen molar-refractivity contribution in [2.45, 2.75) is 25.3 Å². The first-order valence-electron chi connectivity index (χ1n) is 4.97. The minimum Gasteiger partial charge on any atom is -0.344 e. The molecule has 1 heterocycles. The van der Waals surface area contributed by atoms with Crippen LogP contribution in [0.4, 0.5) is 0 Å². The Labute approximate surface area is 93.8 Å². The van der Waals surface area contributed by atoms with Gasteiger partial charge < -0.3 is 5.32 Å². The van der Waals surface area contributed by atoms with E-state index in [9.17, 15) is 4.79 Å². The molecule has 1 aromatic rings. The lowest BCUT2D eigenvalue weighted by Gasteiger charge is -2.14. The fraction of sp³-hybridized carbons (Fsp3) is 0.455. The molecule has 1 aliphatic rings. The molecule has 80 valence electrons. The molecule has 1 aromatic heterocycles. The Morgan fingerprint density at radius 1 is 1.67 bits per heavy atom. The van der Waals surface area contributed by atoms with Crippen LogP contribution in [0.1, 0.15) is 28.9 Å². The number of alkyl halides is 1. The summed E-state index contributed by atoms with van der Waals surface area (Å²) in [7, 11) is 0. The van der Waals surface area contributed by atoms with Crippen LogP contribution in [0.25, 0.3) is 0 Å². The molecule has 0 saturated heterocycles. The molecule has 0 aromatic carbocycles. The molecule has 0 atom stereocenters.